The highest BCUT2D eigenvalue weighted by atomic mass is 32.1. The van der Waals surface area contributed by atoms with Gasteiger partial charge in [0.25, 0.3) is 0 Å². The van der Waals surface area contributed by atoms with Gasteiger partial charge in [-0.05, 0) is 63.6 Å². The standard InChI is InChI=1S/C16H27NOS/c1-3-10-18-11-6-9-17-13(2)16-12-14-7-4-5-8-15(14)19-16/h12-13,17H,3-11H2,1-2H3. The fourth-order valence-corrected chi connectivity index (χ4v) is 3.85. The van der Waals surface area contributed by atoms with E-state index in [1.54, 1.807) is 10.4 Å². The molecule has 0 aliphatic heterocycles. The van der Waals surface area contributed by atoms with Crippen LogP contribution in [0.5, 0.6) is 0 Å². The molecular weight excluding hydrogens is 254 g/mol. The maximum Gasteiger partial charge on any atom is 0.0478 e. The van der Waals surface area contributed by atoms with Gasteiger partial charge in [-0.1, -0.05) is 6.92 Å². The van der Waals surface area contributed by atoms with Crippen LogP contribution in [0.15, 0.2) is 6.07 Å². The minimum atomic E-state index is 0.488. The normalized spacial score (nSPS) is 16.3. The van der Waals surface area contributed by atoms with Gasteiger partial charge in [-0.15, -0.1) is 11.3 Å². The van der Waals surface area contributed by atoms with E-state index < -0.39 is 0 Å². The van der Waals surface area contributed by atoms with Crippen molar-refractivity contribution >= 4 is 11.3 Å². The summed E-state index contributed by atoms with van der Waals surface area (Å²) >= 11 is 2.02. The van der Waals surface area contributed by atoms with Gasteiger partial charge in [-0.2, -0.15) is 0 Å². The minimum absolute atomic E-state index is 0.488. The summed E-state index contributed by atoms with van der Waals surface area (Å²) in [6, 6.07) is 2.92. The van der Waals surface area contributed by atoms with Crippen LogP contribution in [0.4, 0.5) is 0 Å². The van der Waals surface area contributed by atoms with Crippen LogP contribution >= 0.6 is 11.3 Å². The van der Waals surface area contributed by atoms with Gasteiger partial charge in [-0.3, -0.25) is 0 Å². The molecule has 0 amide bonds. The molecule has 0 saturated heterocycles. The number of hydrogen-bond donors (Lipinski definition) is 1. The number of thiophene rings is 1. The van der Waals surface area contributed by atoms with Crippen molar-refractivity contribution in [3.8, 4) is 0 Å². The van der Waals surface area contributed by atoms with E-state index in [1.807, 2.05) is 11.3 Å². The second kappa shape index (κ2) is 8.03. The molecule has 0 fully saturated rings. The van der Waals surface area contributed by atoms with Gasteiger partial charge in [0, 0.05) is 29.0 Å². The highest BCUT2D eigenvalue weighted by molar-refractivity contribution is 7.12. The topological polar surface area (TPSA) is 21.3 Å². The molecule has 1 aliphatic carbocycles. The van der Waals surface area contributed by atoms with Crippen LogP contribution in [0.2, 0.25) is 0 Å². The van der Waals surface area contributed by atoms with E-state index >= 15 is 0 Å². The predicted molar refractivity (Wildman–Crippen MR) is 83.1 cm³/mol. The van der Waals surface area contributed by atoms with Gasteiger partial charge < -0.3 is 10.1 Å². The molecule has 2 rings (SSSR count). The van der Waals surface area contributed by atoms with E-state index in [-0.39, 0.29) is 0 Å². The minimum Gasteiger partial charge on any atom is -0.381 e. The third kappa shape index (κ3) is 4.59. The largest absolute Gasteiger partial charge is 0.381 e. The number of aryl methyl sites for hydroxylation is 2. The Morgan fingerprint density at radius 1 is 1.32 bits per heavy atom. The zero-order valence-electron chi connectivity index (χ0n) is 12.3. The molecular formula is C16H27NOS. The van der Waals surface area contributed by atoms with Gasteiger partial charge >= 0.3 is 0 Å². The molecule has 1 N–H and O–H groups in total. The smallest absolute Gasteiger partial charge is 0.0478 e. The third-order valence-corrected chi connectivity index (χ3v) is 5.13. The molecule has 1 atom stereocenters. The van der Waals surface area contributed by atoms with Crippen LogP contribution in [0.3, 0.4) is 0 Å². The van der Waals surface area contributed by atoms with Crippen LogP contribution < -0.4 is 5.32 Å². The first-order chi connectivity index (χ1) is 9.31. The molecule has 0 bridgehead atoms. The van der Waals surface area contributed by atoms with Crippen LogP contribution in [0.1, 0.15) is 60.9 Å². The van der Waals surface area contributed by atoms with Crippen molar-refractivity contribution in [2.24, 2.45) is 0 Å². The monoisotopic (exact) mass is 281 g/mol. The molecule has 1 aromatic rings. The van der Waals surface area contributed by atoms with Crippen molar-refractivity contribution in [1.82, 2.24) is 5.32 Å². The van der Waals surface area contributed by atoms with Gasteiger partial charge in [0.15, 0.2) is 0 Å². The second-order valence-corrected chi connectivity index (χ2v) is 6.61. The Morgan fingerprint density at radius 3 is 2.95 bits per heavy atom. The molecule has 1 aromatic heterocycles. The summed E-state index contributed by atoms with van der Waals surface area (Å²) in [5.74, 6) is 0. The molecule has 19 heavy (non-hydrogen) atoms. The number of nitrogens with one attached hydrogen (secondary N) is 1. The van der Waals surface area contributed by atoms with E-state index in [4.69, 9.17) is 4.74 Å². The summed E-state index contributed by atoms with van der Waals surface area (Å²) in [6.07, 6.45) is 7.57. The Hall–Kier alpha value is -0.380. The average Bonchev–Trinajstić information content (AvgIpc) is 2.86. The van der Waals surface area contributed by atoms with Crippen molar-refractivity contribution in [3.63, 3.8) is 0 Å². The molecule has 108 valence electrons. The Morgan fingerprint density at radius 2 is 2.16 bits per heavy atom. The van der Waals surface area contributed by atoms with Crippen molar-refractivity contribution in [2.45, 2.75) is 58.4 Å². The molecule has 1 unspecified atom stereocenters. The molecule has 3 heteroatoms. The molecule has 0 aromatic carbocycles. The number of hydrogen-bond acceptors (Lipinski definition) is 3. The summed E-state index contributed by atoms with van der Waals surface area (Å²) in [6.45, 7) is 7.26. The van der Waals surface area contributed by atoms with Crippen molar-refractivity contribution < 1.29 is 4.74 Å². The zero-order valence-corrected chi connectivity index (χ0v) is 13.2. The van der Waals surface area contributed by atoms with E-state index in [2.05, 4.69) is 25.2 Å². The molecule has 2 nitrogen and oxygen atoms in total. The van der Waals surface area contributed by atoms with Crippen LogP contribution in [-0.4, -0.2) is 19.8 Å². The molecule has 0 saturated carbocycles. The first-order valence-electron chi connectivity index (χ1n) is 7.74. The summed E-state index contributed by atoms with van der Waals surface area (Å²) < 4.78 is 5.50. The Balaban J connectivity index is 1.70. The Bertz CT molecular complexity index is 351. The first-order valence-corrected chi connectivity index (χ1v) is 8.55. The first kappa shape index (κ1) is 15.0. The molecule has 0 radical (unpaired) electrons. The fraction of sp³-hybridized carbons (Fsp3) is 0.750. The van der Waals surface area contributed by atoms with Crippen molar-refractivity contribution in [2.75, 3.05) is 19.8 Å². The average molecular weight is 281 g/mol. The number of rotatable bonds is 8. The lowest BCUT2D eigenvalue weighted by atomic mass is 9.99. The van der Waals surface area contributed by atoms with Gasteiger partial charge in [0.2, 0.25) is 0 Å². The van der Waals surface area contributed by atoms with E-state index in [0.717, 1.165) is 32.6 Å². The molecule has 1 aliphatic rings. The maximum absolute atomic E-state index is 5.50. The fourth-order valence-electron chi connectivity index (χ4n) is 2.57. The summed E-state index contributed by atoms with van der Waals surface area (Å²) in [7, 11) is 0. The quantitative estimate of drug-likeness (QED) is 0.725. The van der Waals surface area contributed by atoms with E-state index in [1.165, 1.54) is 30.6 Å². The van der Waals surface area contributed by atoms with E-state index in [0.29, 0.717) is 6.04 Å². The summed E-state index contributed by atoms with van der Waals surface area (Å²) in [5.41, 5.74) is 1.62. The summed E-state index contributed by atoms with van der Waals surface area (Å²) in [4.78, 5) is 3.16. The van der Waals surface area contributed by atoms with Crippen LogP contribution in [0.25, 0.3) is 0 Å². The summed E-state index contributed by atoms with van der Waals surface area (Å²) in [5, 5.41) is 3.62. The Labute approximate surface area is 121 Å². The number of fused-ring (bicyclic) bond motifs is 1. The van der Waals surface area contributed by atoms with Crippen molar-refractivity contribution in [3.05, 3.63) is 21.4 Å². The highest BCUT2D eigenvalue weighted by Gasteiger charge is 2.16. The predicted octanol–water partition coefficient (Wildman–Crippen LogP) is 4.09. The van der Waals surface area contributed by atoms with Crippen LogP contribution in [0, 0.1) is 0 Å². The van der Waals surface area contributed by atoms with Gasteiger partial charge in [-0.25, -0.2) is 0 Å². The number of ether oxygens (including phenoxy) is 1. The zero-order chi connectivity index (χ0) is 13.5. The maximum atomic E-state index is 5.50. The van der Waals surface area contributed by atoms with Gasteiger partial charge in [0.1, 0.15) is 0 Å². The lowest BCUT2D eigenvalue weighted by Crippen LogP contribution is -2.20. The third-order valence-electron chi connectivity index (χ3n) is 3.71. The Kier molecular flexibility index (Phi) is 6.35. The molecule has 0 spiro atoms. The lowest BCUT2D eigenvalue weighted by molar-refractivity contribution is 0.132. The SMILES string of the molecule is CCCOCCCNC(C)c1cc2c(s1)CCCC2. The molecule has 1 heterocycles. The van der Waals surface area contributed by atoms with Crippen LogP contribution in [-0.2, 0) is 17.6 Å². The van der Waals surface area contributed by atoms with Gasteiger partial charge in [0.05, 0.1) is 0 Å². The second-order valence-electron chi connectivity index (χ2n) is 5.45. The highest BCUT2D eigenvalue weighted by Crippen LogP contribution is 2.32. The van der Waals surface area contributed by atoms with Crippen molar-refractivity contribution in [1.29, 1.82) is 0 Å². The lowest BCUT2D eigenvalue weighted by Gasteiger charge is -2.12. The van der Waals surface area contributed by atoms with E-state index in [9.17, 15) is 0 Å².